The van der Waals surface area contributed by atoms with Crippen molar-refractivity contribution in [2.45, 2.75) is 95.6 Å². The molecule has 0 spiro atoms. The first-order chi connectivity index (χ1) is 10.4. The van der Waals surface area contributed by atoms with Gasteiger partial charge in [-0.05, 0) is 6.42 Å². The van der Waals surface area contributed by atoms with Crippen molar-refractivity contribution in [1.82, 2.24) is 0 Å². The van der Waals surface area contributed by atoms with Crippen LogP contribution in [0.1, 0.15) is 90.4 Å². The average molecular weight is 380 g/mol. The fraction of sp³-hybridized carbons (Fsp3) is 0.938. The van der Waals surface area contributed by atoms with E-state index in [0.29, 0.717) is 6.42 Å². The van der Waals surface area contributed by atoms with Gasteiger partial charge in [-0.25, -0.2) is 8.42 Å². The van der Waals surface area contributed by atoms with E-state index in [1.807, 2.05) is 0 Å². The van der Waals surface area contributed by atoms with Crippen LogP contribution in [0.4, 0.5) is 0 Å². The second-order valence-electron chi connectivity index (χ2n) is 5.98. The molecule has 1 atom stereocenters. The standard InChI is InChI=1S/C16H32O5S.2Na/c1-2-3-4-5-6-7-8-9-10-11-12-13-14-15(16(17)18)22(19,20)21;;/h15H,2-14H2,1H3,(H,17,18)(H,19,20,21);;/q;2*+1/p-2. The number of carboxylic acid groups (broad SMARTS) is 1. The Bertz CT molecular complexity index is 388. The van der Waals surface area contributed by atoms with Crippen LogP contribution in [0.15, 0.2) is 0 Å². The van der Waals surface area contributed by atoms with Gasteiger partial charge in [-0.2, -0.15) is 0 Å². The molecule has 0 aliphatic rings. The van der Waals surface area contributed by atoms with Crippen LogP contribution in [0.5, 0.6) is 0 Å². The average Bonchev–Trinajstić information content (AvgIpc) is 2.42. The topological polar surface area (TPSA) is 97.3 Å². The minimum absolute atomic E-state index is 0. The van der Waals surface area contributed by atoms with Crippen LogP contribution in [0.25, 0.3) is 0 Å². The molecule has 0 aliphatic heterocycles. The van der Waals surface area contributed by atoms with Gasteiger partial charge in [-0.15, -0.1) is 0 Å². The molecule has 0 saturated carbocycles. The third-order valence-electron chi connectivity index (χ3n) is 3.93. The molecule has 24 heavy (non-hydrogen) atoms. The predicted octanol–water partition coefficient (Wildman–Crippen LogP) is -3.25. The Morgan fingerprint density at radius 1 is 0.792 bits per heavy atom. The molecule has 132 valence electrons. The number of hydrogen-bond donors (Lipinski definition) is 0. The molecule has 0 aromatic rings. The Morgan fingerprint density at radius 2 is 1.12 bits per heavy atom. The van der Waals surface area contributed by atoms with E-state index >= 15 is 0 Å². The van der Waals surface area contributed by atoms with E-state index in [9.17, 15) is 22.9 Å². The SMILES string of the molecule is CCCCCCCCCCCCCCC(C(=O)[O-])S(=O)(=O)[O-].[Na+].[Na+]. The molecule has 0 fully saturated rings. The van der Waals surface area contributed by atoms with Crippen LogP contribution in [0, 0.1) is 0 Å². The van der Waals surface area contributed by atoms with E-state index < -0.39 is 21.3 Å². The summed E-state index contributed by atoms with van der Waals surface area (Å²) in [5, 5.41) is 8.70. The summed E-state index contributed by atoms with van der Waals surface area (Å²) in [5.41, 5.74) is 0. The molecule has 0 amide bonds. The third-order valence-corrected chi connectivity index (χ3v) is 5.06. The van der Waals surface area contributed by atoms with Gasteiger partial charge in [0.05, 0.1) is 11.2 Å². The number of rotatable bonds is 15. The van der Waals surface area contributed by atoms with Gasteiger partial charge in [-0.1, -0.05) is 84.0 Å². The molecule has 8 heteroatoms. The first-order valence-electron chi connectivity index (χ1n) is 8.55. The summed E-state index contributed by atoms with van der Waals surface area (Å²) in [5.74, 6) is -1.78. The molecule has 0 radical (unpaired) electrons. The van der Waals surface area contributed by atoms with Gasteiger partial charge in [0, 0.05) is 0 Å². The Morgan fingerprint density at radius 3 is 1.42 bits per heavy atom. The quantitative estimate of drug-likeness (QED) is 0.169. The molecule has 0 aromatic carbocycles. The van der Waals surface area contributed by atoms with E-state index in [4.69, 9.17) is 0 Å². The molecule has 0 heterocycles. The summed E-state index contributed by atoms with van der Waals surface area (Å²) >= 11 is 0. The van der Waals surface area contributed by atoms with Crippen molar-refractivity contribution in [2.75, 3.05) is 0 Å². The van der Waals surface area contributed by atoms with Gasteiger partial charge in [0.2, 0.25) is 0 Å². The van der Waals surface area contributed by atoms with E-state index in [0.717, 1.165) is 25.7 Å². The van der Waals surface area contributed by atoms with Crippen molar-refractivity contribution in [1.29, 1.82) is 0 Å². The van der Waals surface area contributed by atoms with Gasteiger partial charge in [0.1, 0.15) is 10.1 Å². The van der Waals surface area contributed by atoms with Crippen molar-refractivity contribution in [2.24, 2.45) is 0 Å². The third kappa shape index (κ3) is 18.2. The number of carboxylic acids is 1. The maximum atomic E-state index is 10.7. The number of unbranched alkanes of at least 4 members (excludes halogenated alkanes) is 11. The molecular formula is C16H30Na2O5S. The van der Waals surface area contributed by atoms with Crippen LogP contribution in [-0.2, 0) is 14.9 Å². The molecule has 0 N–H and O–H groups in total. The largest absolute Gasteiger partial charge is 1.00 e. The van der Waals surface area contributed by atoms with Crippen LogP contribution in [0.3, 0.4) is 0 Å². The molecule has 5 nitrogen and oxygen atoms in total. The number of carbonyl (C=O) groups is 1. The monoisotopic (exact) mass is 380 g/mol. The van der Waals surface area contributed by atoms with Crippen LogP contribution in [-0.4, -0.2) is 24.2 Å². The van der Waals surface area contributed by atoms with Gasteiger partial charge in [0.15, 0.2) is 0 Å². The van der Waals surface area contributed by atoms with Crippen LogP contribution in [0.2, 0.25) is 0 Å². The zero-order chi connectivity index (χ0) is 16.8. The summed E-state index contributed by atoms with van der Waals surface area (Å²) in [6.45, 7) is 2.21. The van der Waals surface area contributed by atoms with E-state index in [2.05, 4.69) is 6.92 Å². The zero-order valence-electron chi connectivity index (χ0n) is 15.7. The summed E-state index contributed by atoms with van der Waals surface area (Å²) in [7, 11) is -4.79. The van der Waals surface area contributed by atoms with Crippen LogP contribution >= 0.6 is 0 Å². The fourth-order valence-corrected chi connectivity index (χ4v) is 3.24. The van der Waals surface area contributed by atoms with Gasteiger partial charge in [-0.3, -0.25) is 0 Å². The van der Waals surface area contributed by atoms with Gasteiger partial charge >= 0.3 is 59.1 Å². The predicted molar refractivity (Wildman–Crippen MR) is 84.2 cm³/mol. The van der Waals surface area contributed by atoms with Crippen molar-refractivity contribution in [3.8, 4) is 0 Å². The molecule has 0 aromatic heterocycles. The summed E-state index contributed by atoms with van der Waals surface area (Å²) < 4.78 is 32.2. The van der Waals surface area contributed by atoms with Crippen molar-refractivity contribution in [3.63, 3.8) is 0 Å². The Kier molecular flexibility index (Phi) is 24.0. The molecule has 0 saturated heterocycles. The zero-order valence-corrected chi connectivity index (χ0v) is 20.5. The second kappa shape index (κ2) is 19.2. The minimum Gasteiger partial charge on any atom is -0.747 e. The first-order valence-corrected chi connectivity index (χ1v) is 10.0. The van der Waals surface area contributed by atoms with Crippen molar-refractivity contribution >= 4 is 16.1 Å². The first kappa shape index (κ1) is 30.1. The normalized spacial score (nSPS) is 12.1. The number of hydrogen-bond acceptors (Lipinski definition) is 5. The van der Waals surface area contributed by atoms with Crippen molar-refractivity contribution < 1.29 is 82.0 Å². The maximum Gasteiger partial charge on any atom is 1.00 e. The summed E-state index contributed by atoms with van der Waals surface area (Å²) in [6, 6.07) is 0. The summed E-state index contributed by atoms with van der Waals surface area (Å²) in [6.07, 6.45) is 13.3. The maximum absolute atomic E-state index is 10.7. The summed E-state index contributed by atoms with van der Waals surface area (Å²) in [4.78, 5) is 10.6. The van der Waals surface area contributed by atoms with Gasteiger partial charge in [0.25, 0.3) is 0 Å². The second-order valence-corrected chi connectivity index (χ2v) is 7.53. The van der Waals surface area contributed by atoms with E-state index in [1.165, 1.54) is 44.9 Å². The number of aliphatic carboxylic acids is 1. The Labute approximate surface area is 192 Å². The van der Waals surface area contributed by atoms with Crippen LogP contribution < -0.4 is 64.2 Å². The van der Waals surface area contributed by atoms with E-state index in [1.54, 1.807) is 0 Å². The minimum atomic E-state index is -4.79. The molecule has 0 bridgehead atoms. The van der Waals surface area contributed by atoms with Gasteiger partial charge < -0.3 is 14.5 Å². The Hall–Kier alpha value is 1.38. The molecular weight excluding hydrogens is 350 g/mol. The number of carbonyl (C=O) groups excluding carboxylic acids is 1. The van der Waals surface area contributed by atoms with Crippen molar-refractivity contribution in [3.05, 3.63) is 0 Å². The smallest absolute Gasteiger partial charge is 0.747 e. The molecule has 1 unspecified atom stereocenters. The van der Waals surface area contributed by atoms with E-state index in [-0.39, 0.29) is 65.5 Å². The molecule has 0 aliphatic carbocycles. The Balaban J connectivity index is -0.00000220. The fourth-order valence-electron chi connectivity index (χ4n) is 2.55. The molecule has 0 rings (SSSR count).